The molecule has 0 amide bonds. The molecule has 0 saturated carbocycles. The summed E-state index contributed by atoms with van der Waals surface area (Å²) in [6.45, 7) is 5.51. The van der Waals surface area contributed by atoms with Gasteiger partial charge in [-0.2, -0.15) is 22.7 Å². The van der Waals surface area contributed by atoms with Crippen molar-refractivity contribution in [1.29, 1.82) is 0 Å². The first-order valence-corrected chi connectivity index (χ1v) is 11.3. The maximum Gasteiger partial charge on any atom is 0.303 e. The van der Waals surface area contributed by atoms with Crippen molar-refractivity contribution in [2.75, 3.05) is 0 Å². The van der Waals surface area contributed by atoms with E-state index in [4.69, 9.17) is 9.47 Å². The topological polar surface area (TPSA) is 66.2 Å². The molecule has 1 aliphatic rings. The average Bonchev–Trinajstić information content (AvgIpc) is 3.48. The molecule has 3 aromatic heterocycles. The Balaban J connectivity index is 1.79. The summed E-state index contributed by atoms with van der Waals surface area (Å²) in [7, 11) is 0. The van der Waals surface area contributed by atoms with E-state index in [-0.39, 0.29) is 18.0 Å². The smallest absolute Gasteiger partial charge is 0.303 e. The summed E-state index contributed by atoms with van der Waals surface area (Å²) in [5, 5.41) is 16.8. The molecule has 0 aliphatic carbocycles. The molecule has 4 atom stereocenters. The molecule has 1 aliphatic heterocycles. The summed E-state index contributed by atoms with van der Waals surface area (Å²) in [5.74, 6) is 6.12. The van der Waals surface area contributed by atoms with Gasteiger partial charge in [0.25, 0.3) is 0 Å². The first-order valence-electron chi connectivity index (χ1n) is 9.43. The van der Waals surface area contributed by atoms with E-state index in [1.807, 2.05) is 40.6 Å². The number of carbonyl (C=O) groups is 1. The van der Waals surface area contributed by atoms with Crippen LogP contribution in [0.25, 0.3) is 11.3 Å². The number of carbonyl (C=O) groups excluding carboxylic acids is 1. The fourth-order valence-corrected chi connectivity index (χ4v) is 4.75. The molecule has 1 saturated heterocycles. The minimum Gasteiger partial charge on any atom is -0.457 e. The quantitative estimate of drug-likeness (QED) is 0.458. The van der Waals surface area contributed by atoms with Crippen LogP contribution < -0.4 is 0 Å². The Bertz CT molecular complexity index is 1030. The Kier molecular flexibility index (Phi) is 5.81. The van der Waals surface area contributed by atoms with Crippen molar-refractivity contribution in [1.82, 2.24) is 15.0 Å². The Labute approximate surface area is 177 Å². The van der Waals surface area contributed by atoms with Gasteiger partial charge in [-0.1, -0.05) is 25.0 Å². The van der Waals surface area contributed by atoms with Gasteiger partial charge in [0, 0.05) is 34.7 Å². The van der Waals surface area contributed by atoms with E-state index in [0.29, 0.717) is 11.4 Å². The van der Waals surface area contributed by atoms with Crippen LogP contribution in [0.3, 0.4) is 0 Å². The van der Waals surface area contributed by atoms with Crippen molar-refractivity contribution in [2.24, 2.45) is 5.92 Å². The van der Waals surface area contributed by atoms with E-state index < -0.39 is 12.3 Å². The fourth-order valence-electron chi connectivity index (χ4n) is 3.52. The van der Waals surface area contributed by atoms with E-state index in [1.165, 1.54) is 6.92 Å². The second kappa shape index (κ2) is 8.49. The summed E-state index contributed by atoms with van der Waals surface area (Å²) >= 11 is 3.19. The van der Waals surface area contributed by atoms with E-state index in [0.717, 1.165) is 17.5 Å². The van der Waals surface area contributed by atoms with Crippen molar-refractivity contribution in [3.05, 3.63) is 44.9 Å². The number of esters is 1. The standard InChI is InChI=1S/C21H21N3O3S2/c1-4-18-13(2)20(26-14(3)25)21(27-18)24-17(6-5-15-7-9-28-11-15)19(22-23-24)16-8-10-29-12-16/h7-13,18,20-21H,4H2,1-3H3/t13-,18-,20-,21-/m1/s1. The van der Waals surface area contributed by atoms with Crippen LogP contribution in [0.5, 0.6) is 0 Å². The number of nitrogens with zero attached hydrogens (tertiary/aromatic N) is 3. The summed E-state index contributed by atoms with van der Waals surface area (Å²) in [6.07, 6.45) is -0.227. The van der Waals surface area contributed by atoms with Gasteiger partial charge in [0.15, 0.2) is 12.3 Å². The highest BCUT2D eigenvalue weighted by atomic mass is 32.1. The molecule has 8 heteroatoms. The lowest BCUT2D eigenvalue weighted by Crippen LogP contribution is -2.30. The van der Waals surface area contributed by atoms with Gasteiger partial charge in [-0.25, -0.2) is 4.68 Å². The van der Waals surface area contributed by atoms with Crippen LogP contribution in [-0.2, 0) is 14.3 Å². The third-order valence-corrected chi connectivity index (χ3v) is 6.35. The molecule has 4 heterocycles. The van der Waals surface area contributed by atoms with Gasteiger partial charge in [0.1, 0.15) is 11.4 Å². The van der Waals surface area contributed by atoms with Gasteiger partial charge >= 0.3 is 5.97 Å². The average molecular weight is 428 g/mol. The maximum atomic E-state index is 11.7. The minimum absolute atomic E-state index is 0.0316. The zero-order valence-electron chi connectivity index (χ0n) is 16.4. The van der Waals surface area contributed by atoms with Crippen LogP contribution in [0.2, 0.25) is 0 Å². The summed E-state index contributed by atoms with van der Waals surface area (Å²) in [5.41, 5.74) is 3.24. The number of ether oxygens (including phenoxy) is 2. The molecule has 6 nitrogen and oxygen atoms in total. The highest BCUT2D eigenvalue weighted by Gasteiger charge is 2.46. The van der Waals surface area contributed by atoms with E-state index in [2.05, 4.69) is 29.1 Å². The van der Waals surface area contributed by atoms with Crippen LogP contribution in [-0.4, -0.2) is 33.2 Å². The zero-order valence-corrected chi connectivity index (χ0v) is 18.0. The predicted molar refractivity (Wildman–Crippen MR) is 113 cm³/mol. The Morgan fingerprint density at radius 2 is 2.07 bits per heavy atom. The monoisotopic (exact) mass is 427 g/mol. The molecule has 0 N–H and O–H groups in total. The van der Waals surface area contributed by atoms with Crippen molar-refractivity contribution in [3.8, 4) is 23.1 Å². The van der Waals surface area contributed by atoms with Crippen molar-refractivity contribution >= 4 is 28.6 Å². The number of thiophene rings is 2. The number of hydrogen-bond acceptors (Lipinski definition) is 7. The molecule has 0 aromatic carbocycles. The summed E-state index contributed by atoms with van der Waals surface area (Å²) in [4.78, 5) is 11.7. The van der Waals surface area contributed by atoms with E-state index >= 15 is 0 Å². The molecule has 0 radical (unpaired) electrons. The molecule has 0 bridgehead atoms. The van der Waals surface area contributed by atoms with Crippen molar-refractivity contribution in [3.63, 3.8) is 0 Å². The van der Waals surface area contributed by atoms with Gasteiger partial charge in [-0.05, 0) is 35.2 Å². The van der Waals surface area contributed by atoms with Crippen LogP contribution in [0.4, 0.5) is 0 Å². The molecular formula is C21H21N3O3S2. The third-order valence-electron chi connectivity index (χ3n) is 4.98. The number of aromatic nitrogens is 3. The lowest BCUT2D eigenvalue weighted by molar-refractivity contribution is -0.154. The van der Waals surface area contributed by atoms with Crippen molar-refractivity contribution < 1.29 is 14.3 Å². The van der Waals surface area contributed by atoms with Gasteiger partial charge in [0.05, 0.1) is 6.10 Å². The minimum atomic E-state index is -0.564. The van der Waals surface area contributed by atoms with Crippen LogP contribution >= 0.6 is 22.7 Å². The molecule has 0 unspecified atom stereocenters. The third kappa shape index (κ3) is 3.99. The second-order valence-electron chi connectivity index (χ2n) is 6.91. The lowest BCUT2D eigenvalue weighted by Gasteiger charge is -2.21. The highest BCUT2D eigenvalue weighted by Crippen LogP contribution is 2.38. The van der Waals surface area contributed by atoms with E-state index in [1.54, 1.807) is 27.4 Å². The zero-order chi connectivity index (χ0) is 20.4. The van der Waals surface area contributed by atoms with Gasteiger partial charge in [0.2, 0.25) is 0 Å². The lowest BCUT2D eigenvalue weighted by atomic mass is 9.98. The Hall–Kier alpha value is -2.47. The Morgan fingerprint density at radius 3 is 2.72 bits per heavy atom. The maximum absolute atomic E-state index is 11.7. The van der Waals surface area contributed by atoms with Gasteiger partial charge in [-0.15, -0.1) is 5.10 Å². The first-order chi connectivity index (χ1) is 14.1. The van der Waals surface area contributed by atoms with Crippen LogP contribution in [0, 0.1) is 17.8 Å². The molecule has 29 heavy (non-hydrogen) atoms. The largest absolute Gasteiger partial charge is 0.457 e. The van der Waals surface area contributed by atoms with Gasteiger partial charge in [-0.3, -0.25) is 4.79 Å². The predicted octanol–water partition coefficient (Wildman–Crippen LogP) is 4.34. The molecule has 4 rings (SSSR count). The Morgan fingerprint density at radius 1 is 1.28 bits per heavy atom. The summed E-state index contributed by atoms with van der Waals surface area (Å²) in [6, 6.07) is 3.96. The second-order valence-corrected chi connectivity index (χ2v) is 8.47. The van der Waals surface area contributed by atoms with Gasteiger partial charge < -0.3 is 9.47 Å². The van der Waals surface area contributed by atoms with Crippen LogP contribution in [0.15, 0.2) is 33.7 Å². The fraction of sp³-hybridized carbons (Fsp3) is 0.381. The number of rotatable bonds is 4. The molecule has 1 fully saturated rings. The highest BCUT2D eigenvalue weighted by molar-refractivity contribution is 7.08. The summed E-state index contributed by atoms with van der Waals surface area (Å²) < 4.78 is 13.6. The molecule has 150 valence electrons. The molecular weight excluding hydrogens is 406 g/mol. The van der Waals surface area contributed by atoms with Crippen LogP contribution in [0.1, 0.15) is 44.7 Å². The first kappa shape index (κ1) is 19.8. The normalized spacial score (nSPS) is 23.6. The SMILES string of the molecule is CC[C@H]1O[C@@H](n2nnc(-c3ccsc3)c2C#Cc2ccsc2)[C@H](OC(C)=O)[C@@H]1C. The molecule has 0 spiro atoms. The number of hydrogen-bond donors (Lipinski definition) is 0. The molecule has 3 aromatic rings. The van der Waals surface area contributed by atoms with Crippen molar-refractivity contribution in [2.45, 2.75) is 45.6 Å². The van der Waals surface area contributed by atoms with E-state index in [9.17, 15) is 4.79 Å².